The normalized spacial score (nSPS) is 13.3. The Morgan fingerprint density at radius 2 is 1.82 bits per heavy atom. The SMILES string of the molecule is O=C(Nc1ccc2c(c1)CCCN2S(=O)(=O)c1ccc(F)cc1)c1ccc([N+](=O)[O-])cc1Cl. The number of amides is 1. The Morgan fingerprint density at radius 3 is 2.48 bits per heavy atom. The number of sulfonamides is 1. The third-order valence-electron chi connectivity index (χ3n) is 5.22. The van der Waals surface area contributed by atoms with Gasteiger partial charge in [0.2, 0.25) is 0 Å². The lowest BCUT2D eigenvalue weighted by Crippen LogP contribution is -2.35. The number of hydrogen-bond acceptors (Lipinski definition) is 5. The van der Waals surface area contributed by atoms with Crippen molar-refractivity contribution in [2.24, 2.45) is 0 Å². The first-order chi connectivity index (χ1) is 15.7. The van der Waals surface area contributed by atoms with Crippen LogP contribution in [-0.2, 0) is 16.4 Å². The van der Waals surface area contributed by atoms with Gasteiger partial charge in [-0.25, -0.2) is 12.8 Å². The minimum absolute atomic E-state index is 0.0121. The summed E-state index contributed by atoms with van der Waals surface area (Å²) in [5, 5.41) is 13.5. The molecule has 0 aliphatic carbocycles. The topological polar surface area (TPSA) is 110 Å². The second kappa shape index (κ2) is 8.80. The van der Waals surface area contributed by atoms with Crippen molar-refractivity contribution in [2.45, 2.75) is 17.7 Å². The number of nitrogens with zero attached hydrogens (tertiary/aromatic N) is 2. The molecule has 4 rings (SSSR count). The lowest BCUT2D eigenvalue weighted by atomic mass is 10.0. The van der Waals surface area contributed by atoms with Gasteiger partial charge in [0.1, 0.15) is 5.82 Å². The van der Waals surface area contributed by atoms with E-state index in [0.29, 0.717) is 24.2 Å². The zero-order chi connectivity index (χ0) is 23.8. The Balaban J connectivity index is 1.59. The van der Waals surface area contributed by atoms with E-state index in [1.165, 1.54) is 28.6 Å². The third-order valence-corrected chi connectivity index (χ3v) is 7.36. The second-order valence-corrected chi connectivity index (χ2v) is 9.62. The molecule has 0 atom stereocenters. The molecule has 0 saturated heterocycles. The summed E-state index contributed by atoms with van der Waals surface area (Å²) in [6, 6.07) is 13.0. The molecule has 8 nitrogen and oxygen atoms in total. The molecule has 1 aliphatic rings. The van der Waals surface area contributed by atoms with Crippen LogP contribution in [0.5, 0.6) is 0 Å². The zero-order valence-electron chi connectivity index (χ0n) is 17.0. The average molecular weight is 490 g/mol. The molecule has 0 radical (unpaired) electrons. The van der Waals surface area contributed by atoms with Gasteiger partial charge in [0.05, 0.1) is 26.1 Å². The number of hydrogen-bond donors (Lipinski definition) is 1. The van der Waals surface area contributed by atoms with Crippen LogP contribution >= 0.6 is 11.6 Å². The highest BCUT2D eigenvalue weighted by Crippen LogP contribution is 2.34. The maximum atomic E-state index is 13.2. The molecule has 3 aromatic carbocycles. The quantitative estimate of drug-likeness (QED) is 0.409. The van der Waals surface area contributed by atoms with Gasteiger partial charge in [-0.05, 0) is 66.9 Å². The number of benzene rings is 3. The monoisotopic (exact) mass is 489 g/mol. The number of aryl methyl sites for hydroxylation is 1. The van der Waals surface area contributed by atoms with Crippen molar-refractivity contribution in [2.75, 3.05) is 16.2 Å². The highest BCUT2D eigenvalue weighted by Gasteiger charge is 2.29. The van der Waals surface area contributed by atoms with E-state index in [2.05, 4.69) is 5.32 Å². The van der Waals surface area contributed by atoms with Crippen molar-refractivity contribution in [3.63, 3.8) is 0 Å². The lowest BCUT2D eigenvalue weighted by molar-refractivity contribution is -0.384. The Labute approximate surface area is 193 Å². The molecule has 0 spiro atoms. The zero-order valence-corrected chi connectivity index (χ0v) is 18.6. The largest absolute Gasteiger partial charge is 0.322 e. The third kappa shape index (κ3) is 4.53. The standard InChI is InChI=1S/C22H17ClFN3O5S/c23-20-13-17(27(29)30)6-9-19(20)22(28)25-16-5-10-21-14(12-16)2-1-11-26(21)33(31,32)18-7-3-15(24)4-8-18/h3-10,12-13H,1-2,11H2,(H,25,28). The summed E-state index contributed by atoms with van der Waals surface area (Å²) < 4.78 is 40.7. The molecular weight excluding hydrogens is 473 g/mol. The molecule has 1 heterocycles. The summed E-state index contributed by atoms with van der Waals surface area (Å²) >= 11 is 6.03. The van der Waals surface area contributed by atoms with Gasteiger partial charge in [-0.3, -0.25) is 19.2 Å². The maximum absolute atomic E-state index is 13.2. The maximum Gasteiger partial charge on any atom is 0.270 e. The van der Waals surface area contributed by atoms with Crippen LogP contribution in [0.4, 0.5) is 21.5 Å². The summed E-state index contributed by atoms with van der Waals surface area (Å²) in [5.41, 5.74) is 1.47. The van der Waals surface area contributed by atoms with Crippen molar-refractivity contribution in [3.8, 4) is 0 Å². The average Bonchev–Trinajstić information content (AvgIpc) is 2.78. The van der Waals surface area contributed by atoms with Crippen molar-refractivity contribution < 1.29 is 22.5 Å². The molecule has 3 aromatic rings. The van der Waals surface area contributed by atoms with E-state index in [1.54, 1.807) is 18.2 Å². The van der Waals surface area contributed by atoms with Gasteiger partial charge >= 0.3 is 0 Å². The number of anilines is 2. The Bertz CT molecular complexity index is 1360. The Morgan fingerprint density at radius 1 is 1.09 bits per heavy atom. The van der Waals surface area contributed by atoms with Crippen LogP contribution in [0.1, 0.15) is 22.3 Å². The van der Waals surface area contributed by atoms with E-state index in [1.807, 2.05) is 0 Å². The number of halogens is 2. The van der Waals surface area contributed by atoms with Gasteiger partial charge in [0.15, 0.2) is 0 Å². The van der Waals surface area contributed by atoms with Crippen LogP contribution in [0.3, 0.4) is 0 Å². The number of fused-ring (bicyclic) bond motifs is 1. The van der Waals surface area contributed by atoms with Gasteiger partial charge in [0.25, 0.3) is 21.6 Å². The molecule has 1 amide bonds. The van der Waals surface area contributed by atoms with Crippen LogP contribution in [0.2, 0.25) is 5.02 Å². The summed E-state index contributed by atoms with van der Waals surface area (Å²) in [5.74, 6) is -1.08. The van der Waals surface area contributed by atoms with Gasteiger partial charge in [-0.1, -0.05) is 11.6 Å². The molecule has 170 valence electrons. The fraction of sp³-hybridized carbons (Fsp3) is 0.136. The summed E-state index contributed by atoms with van der Waals surface area (Å²) in [6.07, 6.45) is 1.17. The van der Waals surface area contributed by atoms with Gasteiger partial charge in [0, 0.05) is 24.4 Å². The first-order valence-electron chi connectivity index (χ1n) is 9.83. The molecule has 0 fully saturated rings. The summed E-state index contributed by atoms with van der Waals surface area (Å²) in [6.45, 7) is 0.275. The number of non-ortho nitro benzene ring substituents is 1. The van der Waals surface area contributed by atoms with Gasteiger partial charge in [-0.2, -0.15) is 0 Å². The van der Waals surface area contributed by atoms with Crippen LogP contribution in [0, 0.1) is 15.9 Å². The first kappa shape index (κ1) is 22.7. The van der Waals surface area contributed by atoms with Gasteiger partial charge < -0.3 is 5.32 Å². The van der Waals surface area contributed by atoms with Crippen LogP contribution in [0.15, 0.2) is 65.6 Å². The first-order valence-corrected chi connectivity index (χ1v) is 11.6. The molecule has 1 N–H and O–H groups in total. The number of nitrogens with one attached hydrogen (secondary N) is 1. The molecular formula is C22H17ClFN3O5S. The molecule has 0 unspecified atom stereocenters. The number of carbonyl (C=O) groups is 1. The minimum atomic E-state index is -3.88. The Hall–Kier alpha value is -3.50. The highest BCUT2D eigenvalue weighted by atomic mass is 35.5. The van der Waals surface area contributed by atoms with E-state index in [-0.39, 0.29) is 27.7 Å². The number of nitro groups is 1. The molecule has 0 bridgehead atoms. The molecule has 0 saturated carbocycles. The second-order valence-electron chi connectivity index (χ2n) is 7.35. The lowest BCUT2D eigenvalue weighted by Gasteiger charge is -2.31. The van der Waals surface area contributed by atoms with Crippen molar-refractivity contribution in [1.29, 1.82) is 0 Å². The fourth-order valence-corrected chi connectivity index (χ4v) is 5.43. The van der Waals surface area contributed by atoms with Crippen LogP contribution in [0.25, 0.3) is 0 Å². The van der Waals surface area contributed by atoms with E-state index in [4.69, 9.17) is 11.6 Å². The van der Waals surface area contributed by atoms with Crippen molar-refractivity contribution >= 4 is 44.6 Å². The molecule has 0 aromatic heterocycles. The fourth-order valence-electron chi connectivity index (χ4n) is 3.62. The Kier molecular flexibility index (Phi) is 6.05. The molecule has 33 heavy (non-hydrogen) atoms. The van der Waals surface area contributed by atoms with Crippen LogP contribution in [-0.4, -0.2) is 25.8 Å². The highest BCUT2D eigenvalue weighted by molar-refractivity contribution is 7.92. The molecule has 1 aliphatic heterocycles. The predicted molar refractivity (Wildman–Crippen MR) is 122 cm³/mol. The molecule has 11 heteroatoms. The van der Waals surface area contributed by atoms with E-state index in [0.717, 1.165) is 23.8 Å². The van der Waals surface area contributed by atoms with Crippen LogP contribution < -0.4 is 9.62 Å². The number of carbonyl (C=O) groups excluding carboxylic acids is 1. The summed E-state index contributed by atoms with van der Waals surface area (Å²) in [7, 11) is -3.88. The van der Waals surface area contributed by atoms with E-state index >= 15 is 0 Å². The van der Waals surface area contributed by atoms with Gasteiger partial charge in [-0.15, -0.1) is 0 Å². The number of nitro benzene ring substituents is 1. The minimum Gasteiger partial charge on any atom is -0.322 e. The number of rotatable bonds is 5. The van der Waals surface area contributed by atoms with Crippen molar-refractivity contribution in [3.05, 3.63) is 92.7 Å². The summed E-state index contributed by atoms with van der Waals surface area (Å²) in [4.78, 5) is 22.8. The predicted octanol–water partition coefficient (Wildman–Crippen LogP) is 4.78. The smallest absolute Gasteiger partial charge is 0.270 e. The van der Waals surface area contributed by atoms with E-state index < -0.39 is 26.7 Å². The van der Waals surface area contributed by atoms with Crippen molar-refractivity contribution in [1.82, 2.24) is 0 Å². The van der Waals surface area contributed by atoms with E-state index in [9.17, 15) is 27.7 Å².